The lowest BCUT2D eigenvalue weighted by Crippen LogP contribution is -2.12. The molecule has 4 nitrogen and oxygen atoms in total. The highest BCUT2D eigenvalue weighted by atomic mass is 16.6. The Labute approximate surface area is 146 Å². The van der Waals surface area contributed by atoms with Crippen LogP contribution in [0.5, 0.6) is 17.2 Å². The van der Waals surface area contributed by atoms with Gasteiger partial charge in [0.1, 0.15) is 30.5 Å². The molecule has 25 heavy (non-hydrogen) atoms. The van der Waals surface area contributed by atoms with E-state index < -0.39 is 0 Å². The molecule has 0 saturated heterocycles. The smallest absolute Gasteiger partial charge is 0.338 e. The summed E-state index contributed by atoms with van der Waals surface area (Å²) in [6, 6.07) is 25.7. The lowest BCUT2D eigenvalue weighted by molar-refractivity contribution is 0.0450. The minimum Gasteiger partial charge on any atom is -0.490 e. The van der Waals surface area contributed by atoms with Crippen molar-refractivity contribution < 1.29 is 19.0 Å². The summed E-state index contributed by atoms with van der Waals surface area (Å²) in [5, 5.41) is 0. The number of carbonyl (C=O) groups is 1. The van der Waals surface area contributed by atoms with Crippen molar-refractivity contribution in [3.05, 3.63) is 90.5 Å². The Morgan fingerprint density at radius 2 is 1.20 bits per heavy atom. The molecule has 0 aromatic heterocycles. The summed E-state index contributed by atoms with van der Waals surface area (Å²) < 4.78 is 16.4. The van der Waals surface area contributed by atoms with Crippen molar-refractivity contribution in [1.82, 2.24) is 0 Å². The fourth-order valence-corrected chi connectivity index (χ4v) is 2.18. The van der Waals surface area contributed by atoms with Crippen molar-refractivity contribution in [3.63, 3.8) is 0 Å². The third-order valence-electron chi connectivity index (χ3n) is 3.40. The van der Waals surface area contributed by atoms with Gasteiger partial charge in [-0.15, -0.1) is 0 Å². The molecule has 0 saturated carbocycles. The number of rotatable bonds is 7. The second kappa shape index (κ2) is 8.55. The maximum absolute atomic E-state index is 11.8. The van der Waals surface area contributed by atoms with Gasteiger partial charge >= 0.3 is 5.97 Å². The van der Waals surface area contributed by atoms with Crippen LogP contribution in [0.2, 0.25) is 0 Å². The van der Waals surface area contributed by atoms with Gasteiger partial charge < -0.3 is 14.2 Å². The predicted molar refractivity (Wildman–Crippen MR) is 95.2 cm³/mol. The van der Waals surface area contributed by atoms with Gasteiger partial charge in [-0.3, -0.25) is 0 Å². The van der Waals surface area contributed by atoms with Crippen LogP contribution >= 0.6 is 0 Å². The van der Waals surface area contributed by atoms with Crippen molar-refractivity contribution in [2.75, 3.05) is 13.2 Å². The summed E-state index contributed by atoms with van der Waals surface area (Å²) in [5.41, 5.74) is 0.532. The number of para-hydroxylation sites is 1. The van der Waals surface area contributed by atoms with Gasteiger partial charge in [0.15, 0.2) is 0 Å². The van der Waals surface area contributed by atoms with Crippen LogP contribution in [0.15, 0.2) is 84.9 Å². The van der Waals surface area contributed by atoms with Gasteiger partial charge in [0.25, 0.3) is 0 Å². The van der Waals surface area contributed by atoms with E-state index in [4.69, 9.17) is 14.2 Å². The number of benzene rings is 3. The van der Waals surface area contributed by atoms with E-state index in [9.17, 15) is 4.79 Å². The van der Waals surface area contributed by atoms with E-state index >= 15 is 0 Å². The average Bonchev–Trinajstić information content (AvgIpc) is 2.68. The average molecular weight is 334 g/mol. The lowest BCUT2D eigenvalue weighted by atomic mass is 10.2. The summed E-state index contributed by atoms with van der Waals surface area (Å²) in [4.78, 5) is 11.8. The first kappa shape index (κ1) is 16.6. The van der Waals surface area contributed by atoms with E-state index in [0.29, 0.717) is 11.3 Å². The van der Waals surface area contributed by atoms with Gasteiger partial charge in [-0.1, -0.05) is 36.4 Å². The van der Waals surface area contributed by atoms with Crippen molar-refractivity contribution >= 4 is 5.97 Å². The van der Waals surface area contributed by atoms with E-state index in [1.165, 1.54) is 0 Å². The molecule has 0 heterocycles. The molecule has 0 aliphatic carbocycles. The molecule has 0 N–H and O–H groups in total. The molecule has 3 rings (SSSR count). The topological polar surface area (TPSA) is 44.8 Å². The predicted octanol–water partition coefficient (Wildman–Crippen LogP) is 4.71. The molecule has 0 radical (unpaired) electrons. The van der Waals surface area contributed by atoms with Crippen molar-refractivity contribution in [2.24, 2.45) is 0 Å². The van der Waals surface area contributed by atoms with E-state index in [-0.39, 0.29) is 19.2 Å². The van der Waals surface area contributed by atoms with Crippen LogP contribution in [0.3, 0.4) is 0 Å². The van der Waals surface area contributed by atoms with Gasteiger partial charge in [0, 0.05) is 0 Å². The molecule has 0 unspecified atom stereocenters. The molecule has 3 aromatic rings. The van der Waals surface area contributed by atoms with Gasteiger partial charge in [0.2, 0.25) is 0 Å². The molecule has 0 aliphatic rings. The van der Waals surface area contributed by atoms with Crippen LogP contribution in [0.1, 0.15) is 10.4 Å². The summed E-state index contributed by atoms with van der Waals surface area (Å²) in [5.74, 6) is 1.85. The van der Waals surface area contributed by atoms with Crippen molar-refractivity contribution in [2.45, 2.75) is 0 Å². The number of carbonyl (C=O) groups excluding carboxylic acids is 1. The second-order valence-corrected chi connectivity index (χ2v) is 5.24. The number of ether oxygens (including phenoxy) is 3. The summed E-state index contributed by atoms with van der Waals surface area (Å²) in [7, 11) is 0. The van der Waals surface area contributed by atoms with Crippen LogP contribution in [-0.2, 0) is 4.74 Å². The first-order valence-corrected chi connectivity index (χ1v) is 7.99. The zero-order valence-electron chi connectivity index (χ0n) is 13.6. The molecule has 126 valence electrons. The molecule has 0 bridgehead atoms. The van der Waals surface area contributed by atoms with Gasteiger partial charge in [-0.2, -0.15) is 0 Å². The third-order valence-corrected chi connectivity index (χ3v) is 3.40. The Morgan fingerprint density at radius 1 is 0.640 bits per heavy atom. The van der Waals surface area contributed by atoms with Crippen LogP contribution in [0.4, 0.5) is 0 Å². The maximum Gasteiger partial charge on any atom is 0.338 e. The van der Waals surface area contributed by atoms with E-state index in [1.807, 2.05) is 60.7 Å². The largest absolute Gasteiger partial charge is 0.490 e. The Bertz CT molecular complexity index is 783. The van der Waals surface area contributed by atoms with Gasteiger partial charge in [0.05, 0.1) is 5.56 Å². The molecule has 0 aliphatic heterocycles. The van der Waals surface area contributed by atoms with Gasteiger partial charge in [-0.25, -0.2) is 4.79 Å². The number of hydrogen-bond acceptors (Lipinski definition) is 4. The molecule has 0 atom stereocenters. The molecule has 3 aromatic carbocycles. The highest BCUT2D eigenvalue weighted by molar-refractivity contribution is 5.89. The fraction of sp³-hybridized carbons (Fsp3) is 0.0952. The highest BCUT2D eigenvalue weighted by Crippen LogP contribution is 2.23. The maximum atomic E-state index is 11.8. The Hall–Kier alpha value is -3.27. The molecule has 0 fully saturated rings. The SMILES string of the molecule is O=C(OCCOc1ccc(Oc2ccccc2)cc1)c1ccccc1. The molecule has 4 heteroatoms. The van der Waals surface area contributed by atoms with Crippen LogP contribution < -0.4 is 9.47 Å². The molecular formula is C21H18O4. The standard InChI is InChI=1S/C21H18O4/c22-21(17-7-3-1-4-8-17)24-16-15-23-18-11-13-20(14-12-18)25-19-9-5-2-6-10-19/h1-14H,15-16H2. The van der Waals surface area contributed by atoms with Crippen LogP contribution in [-0.4, -0.2) is 19.2 Å². The Balaban J connectivity index is 1.42. The summed E-state index contributed by atoms with van der Waals surface area (Å²) in [6.07, 6.45) is 0. The first-order chi connectivity index (χ1) is 12.3. The quantitative estimate of drug-likeness (QED) is 0.463. The number of esters is 1. The van der Waals surface area contributed by atoms with Crippen LogP contribution in [0, 0.1) is 0 Å². The first-order valence-electron chi connectivity index (χ1n) is 7.99. The normalized spacial score (nSPS) is 10.1. The summed E-state index contributed by atoms with van der Waals surface area (Å²) >= 11 is 0. The monoisotopic (exact) mass is 334 g/mol. The lowest BCUT2D eigenvalue weighted by Gasteiger charge is -2.09. The van der Waals surface area contributed by atoms with Crippen molar-refractivity contribution in [3.8, 4) is 17.2 Å². The fourth-order valence-electron chi connectivity index (χ4n) is 2.18. The van der Waals surface area contributed by atoms with Crippen molar-refractivity contribution in [1.29, 1.82) is 0 Å². The minimum absolute atomic E-state index is 0.190. The van der Waals surface area contributed by atoms with Crippen LogP contribution in [0.25, 0.3) is 0 Å². The highest BCUT2D eigenvalue weighted by Gasteiger charge is 2.05. The molecule has 0 spiro atoms. The zero-order chi connectivity index (χ0) is 17.3. The Kier molecular flexibility index (Phi) is 5.67. The van der Waals surface area contributed by atoms with E-state index in [2.05, 4.69) is 0 Å². The van der Waals surface area contributed by atoms with Gasteiger partial charge in [-0.05, 0) is 48.5 Å². The zero-order valence-corrected chi connectivity index (χ0v) is 13.6. The molecule has 0 amide bonds. The number of hydrogen-bond donors (Lipinski definition) is 0. The Morgan fingerprint density at radius 3 is 1.88 bits per heavy atom. The third kappa shape index (κ3) is 5.11. The van der Waals surface area contributed by atoms with E-state index in [0.717, 1.165) is 11.5 Å². The van der Waals surface area contributed by atoms with E-state index in [1.54, 1.807) is 24.3 Å². The minimum atomic E-state index is -0.351. The summed E-state index contributed by atoms with van der Waals surface area (Å²) in [6.45, 7) is 0.480. The second-order valence-electron chi connectivity index (χ2n) is 5.24. The molecular weight excluding hydrogens is 316 g/mol.